The van der Waals surface area contributed by atoms with Crippen molar-refractivity contribution in [3.63, 3.8) is 0 Å². The molecule has 0 saturated heterocycles. The summed E-state index contributed by atoms with van der Waals surface area (Å²) in [6.07, 6.45) is 0. The predicted octanol–water partition coefficient (Wildman–Crippen LogP) is 2.67. The predicted molar refractivity (Wildman–Crippen MR) is 57.5 cm³/mol. The van der Waals surface area contributed by atoms with Crippen molar-refractivity contribution in [2.75, 3.05) is 14.2 Å². The van der Waals surface area contributed by atoms with Crippen LogP contribution in [0.25, 0.3) is 0 Å². The molecule has 0 aliphatic rings. The summed E-state index contributed by atoms with van der Waals surface area (Å²) in [5.41, 5.74) is 0. The van der Waals surface area contributed by atoms with Crippen molar-refractivity contribution >= 4 is 11.3 Å². The number of hydrogen-bond acceptors (Lipinski definition) is 3. The van der Waals surface area contributed by atoms with Crippen LogP contribution in [0.1, 0.15) is 24.8 Å². The number of ether oxygens (including phenoxy) is 1. The van der Waals surface area contributed by atoms with Crippen molar-refractivity contribution in [3.8, 4) is 5.75 Å². The molecular weight excluding hydrogens is 182 g/mol. The molecule has 0 saturated carbocycles. The van der Waals surface area contributed by atoms with Crippen LogP contribution in [0.3, 0.4) is 0 Å². The molecule has 1 atom stereocenters. The third-order valence-electron chi connectivity index (χ3n) is 2.14. The van der Waals surface area contributed by atoms with E-state index in [0.29, 0.717) is 12.0 Å². The molecular formula is C10H17NOS. The summed E-state index contributed by atoms with van der Waals surface area (Å²) in [5.74, 6) is 1.58. The minimum Gasteiger partial charge on any atom is -0.496 e. The molecule has 74 valence electrons. The molecule has 0 aromatic carbocycles. The van der Waals surface area contributed by atoms with Crippen LogP contribution in [-0.4, -0.2) is 14.2 Å². The summed E-state index contributed by atoms with van der Waals surface area (Å²) in [5, 5.41) is 5.38. The quantitative estimate of drug-likeness (QED) is 0.805. The van der Waals surface area contributed by atoms with Crippen LogP contribution in [0.2, 0.25) is 0 Å². The van der Waals surface area contributed by atoms with E-state index in [1.54, 1.807) is 18.4 Å². The summed E-state index contributed by atoms with van der Waals surface area (Å²) in [4.78, 5) is 1.29. The highest BCUT2D eigenvalue weighted by molar-refractivity contribution is 7.10. The maximum atomic E-state index is 5.29. The first-order valence-electron chi connectivity index (χ1n) is 4.49. The number of nitrogens with one attached hydrogen (secondary N) is 1. The molecule has 1 rings (SSSR count). The zero-order valence-corrected chi connectivity index (χ0v) is 9.44. The van der Waals surface area contributed by atoms with Crippen LogP contribution < -0.4 is 10.1 Å². The fourth-order valence-electron chi connectivity index (χ4n) is 1.47. The molecule has 1 aromatic rings. The Bertz CT molecular complexity index is 257. The Balaban J connectivity index is 2.90. The lowest BCUT2D eigenvalue weighted by molar-refractivity contribution is 0.387. The molecule has 0 radical (unpaired) electrons. The largest absolute Gasteiger partial charge is 0.496 e. The second-order valence-electron chi connectivity index (χ2n) is 3.36. The summed E-state index contributed by atoms with van der Waals surface area (Å²) < 4.78 is 5.29. The molecule has 0 fully saturated rings. The highest BCUT2D eigenvalue weighted by Gasteiger charge is 2.18. The Morgan fingerprint density at radius 3 is 2.62 bits per heavy atom. The van der Waals surface area contributed by atoms with Crippen molar-refractivity contribution in [1.82, 2.24) is 5.32 Å². The molecule has 2 nitrogen and oxygen atoms in total. The van der Waals surface area contributed by atoms with E-state index in [1.165, 1.54) is 4.88 Å². The van der Waals surface area contributed by atoms with Gasteiger partial charge in [0.05, 0.1) is 12.0 Å². The standard InChI is InChI=1S/C10H17NOS/c1-7(2)9(11-3)10-8(12-4)5-6-13-10/h5-7,9,11H,1-4H3. The molecule has 0 amide bonds. The highest BCUT2D eigenvalue weighted by Crippen LogP contribution is 2.34. The Kier molecular flexibility index (Phi) is 3.75. The number of methoxy groups -OCH3 is 1. The topological polar surface area (TPSA) is 21.3 Å². The average molecular weight is 199 g/mol. The van der Waals surface area contributed by atoms with Crippen LogP contribution in [0.4, 0.5) is 0 Å². The molecule has 13 heavy (non-hydrogen) atoms. The molecule has 1 N–H and O–H groups in total. The molecule has 0 spiro atoms. The summed E-state index contributed by atoms with van der Waals surface area (Å²) in [6.45, 7) is 4.42. The highest BCUT2D eigenvalue weighted by atomic mass is 32.1. The van der Waals surface area contributed by atoms with Crippen molar-refractivity contribution in [2.45, 2.75) is 19.9 Å². The first-order chi connectivity index (χ1) is 6.20. The van der Waals surface area contributed by atoms with E-state index in [4.69, 9.17) is 4.74 Å². The van der Waals surface area contributed by atoms with E-state index in [0.717, 1.165) is 5.75 Å². The molecule has 0 bridgehead atoms. The Morgan fingerprint density at radius 1 is 1.46 bits per heavy atom. The first-order valence-corrected chi connectivity index (χ1v) is 5.37. The van der Waals surface area contributed by atoms with Crippen molar-refractivity contribution in [1.29, 1.82) is 0 Å². The van der Waals surface area contributed by atoms with Gasteiger partial charge in [0.15, 0.2) is 0 Å². The van der Waals surface area contributed by atoms with Gasteiger partial charge in [-0.15, -0.1) is 11.3 Å². The second-order valence-corrected chi connectivity index (χ2v) is 4.31. The lowest BCUT2D eigenvalue weighted by Crippen LogP contribution is -2.21. The van der Waals surface area contributed by atoms with E-state index in [1.807, 2.05) is 13.1 Å². The summed E-state index contributed by atoms with van der Waals surface area (Å²) >= 11 is 1.75. The first kappa shape index (κ1) is 10.5. The molecule has 0 aliphatic heterocycles. The van der Waals surface area contributed by atoms with Crippen molar-refractivity contribution in [2.24, 2.45) is 5.92 Å². The molecule has 1 heterocycles. The molecule has 1 aromatic heterocycles. The maximum Gasteiger partial charge on any atom is 0.134 e. The number of thiophene rings is 1. The van der Waals surface area contributed by atoms with Crippen LogP contribution in [-0.2, 0) is 0 Å². The fourth-order valence-corrected chi connectivity index (χ4v) is 2.61. The molecule has 0 aliphatic carbocycles. The Morgan fingerprint density at radius 2 is 2.15 bits per heavy atom. The van der Waals surface area contributed by atoms with Gasteiger partial charge in [-0.3, -0.25) is 0 Å². The van der Waals surface area contributed by atoms with Gasteiger partial charge in [-0.2, -0.15) is 0 Å². The SMILES string of the molecule is CNC(c1sccc1OC)C(C)C. The van der Waals surface area contributed by atoms with Gasteiger partial charge in [0.25, 0.3) is 0 Å². The van der Waals surface area contributed by atoms with E-state index >= 15 is 0 Å². The minimum absolute atomic E-state index is 0.398. The zero-order valence-electron chi connectivity index (χ0n) is 8.63. The van der Waals surface area contributed by atoms with E-state index in [-0.39, 0.29) is 0 Å². The average Bonchev–Trinajstić information content (AvgIpc) is 2.53. The van der Waals surface area contributed by atoms with Crippen LogP contribution in [0.15, 0.2) is 11.4 Å². The van der Waals surface area contributed by atoms with Gasteiger partial charge in [0.1, 0.15) is 5.75 Å². The monoisotopic (exact) mass is 199 g/mol. The number of hydrogen-bond donors (Lipinski definition) is 1. The van der Waals surface area contributed by atoms with E-state index < -0.39 is 0 Å². The molecule has 1 unspecified atom stereocenters. The summed E-state index contributed by atoms with van der Waals surface area (Å²) in [7, 11) is 3.71. The van der Waals surface area contributed by atoms with Gasteiger partial charge in [-0.05, 0) is 24.4 Å². The van der Waals surface area contributed by atoms with Gasteiger partial charge in [0, 0.05) is 6.04 Å². The van der Waals surface area contributed by atoms with Crippen molar-refractivity contribution in [3.05, 3.63) is 16.3 Å². The van der Waals surface area contributed by atoms with Gasteiger partial charge in [-0.1, -0.05) is 13.8 Å². The Hall–Kier alpha value is -0.540. The van der Waals surface area contributed by atoms with Crippen LogP contribution in [0, 0.1) is 5.92 Å². The minimum atomic E-state index is 0.398. The smallest absolute Gasteiger partial charge is 0.134 e. The van der Waals surface area contributed by atoms with Gasteiger partial charge in [0.2, 0.25) is 0 Å². The Labute approximate surface area is 83.9 Å². The van der Waals surface area contributed by atoms with E-state index in [9.17, 15) is 0 Å². The maximum absolute atomic E-state index is 5.29. The lowest BCUT2D eigenvalue weighted by Gasteiger charge is -2.19. The lowest BCUT2D eigenvalue weighted by atomic mass is 10.0. The van der Waals surface area contributed by atoms with Gasteiger partial charge in [-0.25, -0.2) is 0 Å². The molecule has 3 heteroatoms. The zero-order chi connectivity index (χ0) is 9.84. The number of rotatable bonds is 4. The third-order valence-corrected chi connectivity index (χ3v) is 3.12. The van der Waals surface area contributed by atoms with E-state index in [2.05, 4.69) is 24.5 Å². The fraction of sp³-hybridized carbons (Fsp3) is 0.600. The van der Waals surface area contributed by atoms with Gasteiger partial charge >= 0.3 is 0 Å². The summed E-state index contributed by atoms with van der Waals surface area (Å²) in [6, 6.07) is 2.42. The van der Waals surface area contributed by atoms with Crippen LogP contribution >= 0.6 is 11.3 Å². The van der Waals surface area contributed by atoms with Crippen LogP contribution in [0.5, 0.6) is 5.75 Å². The van der Waals surface area contributed by atoms with Crippen molar-refractivity contribution < 1.29 is 4.74 Å². The third kappa shape index (κ3) is 2.23. The normalized spacial score (nSPS) is 13.3. The van der Waals surface area contributed by atoms with Gasteiger partial charge < -0.3 is 10.1 Å². The second kappa shape index (κ2) is 4.63.